The van der Waals surface area contributed by atoms with E-state index in [4.69, 9.17) is 9.47 Å². The van der Waals surface area contributed by atoms with Gasteiger partial charge in [0.15, 0.2) is 0 Å². The van der Waals surface area contributed by atoms with Gasteiger partial charge in [-0.2, -0.15) is 0 Å². The van der Waals surface area contributed by atoms with Crippen LogP contribution in [-0.4, -0.2) is 51.0 Å². The molecule has 27 heavy (non-hydrogen) atoms. The SMILES string of the molecule is COc1cccc(CC2CCCN2c2cc(N3CCOCC3)cc(=O)[nH]2)c1. The monoisotopic (exact) mass is 369 g/mol. The third-order valence-electron chi connectivity index (χ3n) is 5.48. The van der Waals surface area contributed by atoms with Gasteiger partial charge in [0, 0.05) is 43.5 Å². The molecule has 0 saturated carbocycles. The second-order valence-corrected chi connectivity index (χ2v) is 7.23. The topological polar surface area (TPSA) is 57.8 Å². The molecule has 6 nitrogen and oxygen atoms in total. The number of methoxy groups -OCH3 is 1. The summed E-state index contributed by atoms with van der Waals surface area (Å²) in [5, 5.41) is 0. The highest BCUT2D eigenvalue weighted by molar-refractivity contribution is 5.56. The highest BCUT2D eigenvalue weighted by atomic mass is 16.5. The maximum atomic E-state index is 12.3. The van der Waals surface area contributed by atoms with Crippen LogP contribution in [0.4, 0.5) is 11.5 Å². The van der Waals surface area contributed by atoms with Crippen LogP contribution in [0.25, 0.3) is 0 Å². The minimum absolute atomic E-state index is 0.0407. The van der Waals surface area contributed by atoms with Crippen molar-refractivity contribution in [3.8, 4) is 5.75 Å². The van der Waals surface area contributed by atoms with E-state index in [9.17, 15) is 4.79 Å². The Kier molecular flexibility index (Phi) is 5.34. The smallest absolute Gasteiger partial charge is 0.251 e. The summed E-state index contributed by atoms with van der Waals surface area (Å²) < 4.78 is 10.8. The van der Waals surface area contributed by atoms with Crippen molar-refractivity contribution in [1.29, 1.82) is 0 Å². The van der Waals surface area contributed by atoms with Crippen molar-refractivity contribution in [1.82, 2.24) is 4.98 Å². The summed E-state index contributed by atoms with van der Waals surface area (Å²) in [7, 11) is 1.70. The zero-order valence-electron chi connectivity index (χ0n) is 15.8. The minimum atomic E-state index is -0.0407. The molecule has 1 aromatic carbocycles. The molecule has 0 spiro atoms. The van der Waals surface area contributed by atoms with Crippen molar-refractivity contribution in [2.75, 3.05) is 49.8 Å². The predicted octanol–water partition coefficient (Wildman–Crippen LogP) is 2.43. The lowest BCUT2D eigenvalue weighted by molar-refractivity contribution is 0.122. The normalized spacial score (nSPS) is 20.1. The van der Waals surface area contributed by atoms with E-state index in [2.05, 4.69) is 33.0 Å². The number of anilines is 2. The second-order valence-electron chi connectivity index (χ2n) is 7.23. The summed E-state index contributed by atoms with van der Waals surface area (Å²) in [4.78, 5) is 19.9. The van der Waals surface area contributed by atoms with Crippen molar-refractivity contribution in [3.05, 3.63) is 52.3 Å². The Hall–Kier alpha value is -2.47. The van der Waals surface area contributed by atoms with E-state index in [-0.39, 0.29) is 5.56 Å². The van der Waals surface area contributed by atoms with E-state index in [1.807, 2.05) is 12.1 Å². The first-order valence-electron chi connectivity index (χ1n) is 9.69. The van der Waals surface area contributed by atoms with Crippen LogP contribution in [0.1, 0.15) is 18.4 Å². The first-order chi connectivity index (χ1) is 13.2. The van der Waals surface area contributed by atoms with Crippen molar-refractivity contribution in [2.45, 2.75) is 25.3 Å². The lowest BCUT2D eigenvalue weighted by Gasteiger charge is -2.31. The highest BCUT2D eigenvalue weighted by Gasteiger charge is 2.26. The van der Waals surface area contributed by atoms with Gasteiger partial charge in [-0.25, -0.2) is 0 Å². The maximum Gasteiger partial charge on any atom is 0.251 e. The number of aromatic nitrogens is 1. The van der Waals surface area contributed by atoms with Gasteiger partial charge in [0.05, 0.1) is 20.3 Å². The maximum absolute atomic E-state index is 12.3. The standard InChI is InChI=1S/C21H27N3O3/c1-26-19-6-2-4-16(13-19)12-17-5-3-7-24(17)20-14-18(15-21(25)22-20)23-8-10-27-11-9-23/h2,4,6,13-15,17H,3,5,7-12H2,1H3,(H,22,25). The Bertz CT molecular complexity index is 829. The van der Waals surface area contributed by atoms with E-state index >= 15 is 0 Å². The molecule has 2 aliphatic rings. The van der Waals surface area contributed by atoms with Crippen LogP contribution in [0.5, 0.6) is 5.75 Å². The van der Waals surface area contributed by atoms with Gasteiger partial charge in [0.1, 0.15) is 11.6 Å². The lowest BCUT2D eigenvalue weighted by Crippen LogP contribution is -2.37. The van der Waals surface area contributed by atoms with Crippen LogP contribution in [0.15, 0.2) is 41.2 Å². The molecule has 2 fully saturated rings. The average Bonchev–Trinajstić information content (AvgIpc) is 3.16. The van der Waals surface area contributed by atoms with Gasteiger partial charge in [0.25, 0.3) is 5.56 Å². The molecular formula is C21H27N3O3. The third kappa shape index (κ3) is 4.11. The Morgan fingerprint density at radius 2 is 2.04 bits per heavy atom. The summed E-state index contributed by atoms with van der Waals surface area (Å²) in [5.41, 5.74) is 2.21. The summed E-state index contributed by atoms with van der Waals surface area (Å²) >= 11 is 0. The molecule has 1 aromatic heterocycles. The highest BCUT2D eigenvalue weighted by Crippen LogP contribution is 2.29. The van der Waals surface area contributed by atoms with E-state index < -0.39 is 0 Å². The van der Waals surface area contributed by atoms with Crippen molar-refractivity contribution >= 4 is 11.5 Å². The Balaban J connectivity index is 1.56. The molecule has 3 heterocycles. The molecule has 0 bridgehead atoms. The van der Waals surface area contributed by atoms with Crippen molar-refractivity contribution < 1.29 is 9.47 Å². The Labute approximate surface area is 159 Å². The summed E-state index contributed by atoms with van der Waals surface area (Å²) in [6, 6.07) is 12.5. The van der Waals surface area contributed by atoms with E-state index in [0.717, 1.165) is 56.2 Å². The fourth-order valence-corrected chi connectivity index (χ4v) is 4.11. The molecule has 0 radical (unpaired) electrons. The van der Waals surface area contributed by atoms with Crippen LogP contribution in [0.2, 0.25) is 0 Å². The largest absolute Gasteiger partial charge is 0.497 e. The number of nitrogens with zero attached hydrogens (tertiary/aromatic N) is 2. The zero-order valence-corrected chi connectivity index (χ0v) is 15.8. The summed E-state index contributed by atoms with van der Waals surface area (Å²) in [6.07, 6.45) is 3.21. The Morgan fingerprint density at radius 3 is 2.85 bits per heavy atom. The minimum Gasteiger partial charge on any atom is -0.497 e. The summed E-state index contributed by atoms with van der Waals surface area (Å²) in [5.74, 6) is 1.81. The van der Waals surface area contributed by atoms with Crippen LogP contribution < -0.4 is 20.1 Å². The fourth-order valence-electron chi connectivity index (χ4n) is 4.11. The molecule has 4 rings (SSSR count). The van der Waals surface area contributed by atoms with Crippen LogP contribution in [0.3, 0.4) is 0 Å². The fraction of sp³-hybridized carbons (Fsp3) is 0.476. The number of aromatic amines is 1. The van der Waals surface area contributed by atoms with E-state index in [1.165, 1.54) is 5.56 Å². The molecule has 2 aliphatic heterocycles. The molecule has 1 unspecified atom stereocenters. The third-order valence-corrected chi connectivity index (χ3v) is 5.48. The second kappa shape index (κ2) is 8.05. The van der Waals surface area contributed by atoms with E-state index in [1.54, 1.807) is 13.2 Å². The zero-order chi connectivity index (χ0) is 18.6. The molecule has 1 N–H and O–H groups in total. The first-order valence-corrected chi connectivity index (χ1v) is 9.69. The molecule has 2 aromatic rings. The molecule has 6 heteroatoms. The van der Waals surface area contributed by atoms with E-state index in [0.29, 0.717) is 19.3 Å². The molecule has 0 aliphatic carbocycles. The average molecular weight is 369 g/mol. The summed E-state index contributed by atoms with van der Waals surface area (Å²) in [6.45, 7) is 4.05. The lowest BCUT2D eigenvalue weighted by atomic mass is 10.0. The van der Waals surface area contributed by atoms with Gasteiger partial charge in [-0.3, -0.25) is 4.79 Å². The Morgan fingerprint density at radius 1 is 1.19 bits per heavy atom. The quantitative estimate of drug-likeness (QED) is 0.877. The number of morpholine rings is 1. The molecular weight excluding hydrogens is 342 g/mol. The number of benzene rings is 1. The van der Waals surface area contributed by atoms with Gasteiger partial charge >= 0.3 is 0 Å². The molecule has 1 atom stereocenters. The van der Waals surface area contributed by atoms with Gasteiger partial charge in [-0.1, -0.05) is 12.1 Å². The molecule has 0 amide bonds. The van der Waals surface area contributed by atoms with Gasteiger partial charge in [-0.15, -0.1) is 0 Å². The van der Waals surface area contributed by atoms with Crippen LogP contribution in [-0.2, 0) is 11.2 Å². The van der Waals surface area contributed by atoms with Gasteiger partial charge in [0.2, 0.25) is 0 Å². The van der Waals surface area contributed by atoms with Crippen molar-refractivity contribution in [3.63, 3.8) is 0 Å². The number of rotatable bonds is 5. The number of H-pyrrole nitrogens is 1. The molecule has 144 valence electrons. The number of hydrogen-bond acceptors (Lipinski definition) is 5. The van der Waals surface area contributed by atoms with Crippen LogP contribution in [0, 0.1) is 0 Å². The van der Waals surface area contributed by atoms with Gasteiger partial charge in [-0.05, 0) is 37.0 Å². The molecule has 2 saturated heterocycles. The first kappa shape index (κ1) is 17.9. The number of pyridine rings is 1. The number of ether oxygens (including phenoxy) is 2. The number of hydrogen-bond donors (Lipinski definition) is 1. The van der Waals surface area contributed by atoms with Gasteiger partial charge < -0.3 is 24.3 Å². The predicted molar refractivity (Wildman–Crippen MR) is 107 cm³/mol. The van der Waals surface area contributed by atoms with Crippen molar-refractivity contribution in [2.24, 2.45) is 0 Å². The number of nitrogens with one attached hydrogen (secondary N) is 1. The van der Waals surface area contributed by atoms with Crippen LogP contribution >= 0.6 is 0 Å².